The Hall–Kier alpha value is -3.04. The van der Waals surface area contributed by atoms with Crippen LogP contribution in [0.1, 0.15) is 19.4 Å². The van der Waals surface area contributed by atoms with E-state index in [1.54, 1.807) is 48.5 Å². The summed E-state index contributed by atoms with van der Waals surface area (Å²) in [5, 5.41) is 2.80. The number of rotatable bonds is 11. The second kappa shape index (κ2) is 11.9. The number of amides is 1. The van der Waals surface area contributed by atoms with E-state index in [1.165, 1.54) is 12.1 Å². The SMILES string of the molecule is CCOc1ccc(CNC(=O)CN(c2ccc(Br)cc2)S(=O)(=O)c2ccccc2)cc1OCC. The molecule has 180 valence electrons. The first-order valence-electron chi connectivity index (χ1n) is 10.8. The van der Waals surface area contributed by atoms with Gasteiger partial charge < -0.3 is 14.8 Å². The summed E-state index contributed by atoms with van der Waals surface area (Å²) in [5.74, 6) is 0.795. The largest absolute Gasteiger partial charge is 0.490 e. The van der Waals surface area contributed by atoms with E-state index in [4.69, 9.17) is 9.47 Å². The highest BCUT2D eigenvalue weighted by molar-refractivity contribution is 9.10. The lowest BCUT2D eigenvalue weighted by molar-refractivity contribution is -0.119. The molecule has 0 radical (unpaired) electrons. The number of carbonyl (C=O) groups excluding carboxylic acids is 1. The molecule has 0 unspecified atom stereocenters. The summed E-state index contributed by atoms with van der Waals surface area (Å²) < 4.78 is 39.8. The van der Waals surface area contributed by atoms with Gasteiger partial charge in [0.2, 0.25) is 5.91 Å². The van der Waals surface area contributed by atoms with Gasteiger partial charge >= 0.3 is 0 Å². The molecular weight excluding hydrogens is 520 g/mol. The summed E-state index contributed by atoms with van der Waals surface area (Å²) in [6.45, 7) is 4.62. The van der Waals surface area contributed by atoms with Crippen LogP contribution in [0.15, 0.2) is 82.2 Å². The van der Waals surface area contributed by atoms with E-state index in [1.807, 2.05) is 26.0 Å². The second-order valence-electron chi connectivity index (χ2n) is 7.22. The van der Waals surface area contributed by atoms with Gasteiger partial charge in [-0.2, -0.15) is 0 Å². The Labute approximate surface area is 208 Å². The van der Waals surface area contributed by atoms with Crippen LogP contribution in [0, 0.1) is 0 Å². The smallest absolute Gasteiger partial charge is 0.264 e. The average molecular weight is 547 g/mol. The minimum absolute atomic E-state index is 0.110. The lowest BCUT2D eigenvalue weighted by Gasteiger charge is -2.24. The third-order valence-corrected chi connectivity index (χ3v) is 7.15. The molecule has 0 aliphatic carbocycles. The van der Waals surface area contributed by atoms with Gasteiger partial charge in [-0.15, -0.1) is 0 Å². The molecule has 0 aromatic heterocycles. The molecule has 0 saturated carbocycles. The molecule has 3 aromatic carbocycles. The fraction of sp³-hybridized carbons (Fsp3) is 0.240. The van der Waals surface area contributed by atoms with Crippen LogP contribution in [-0.4, -0.2) is 34.1 Å². The van der Waals surface area contributed by atoms with Crippen LogP contribution in [0.25, 0.3) is 0 Å². The molecule has 3 aromatic rings. The maximum Gasteiger partial charge on any atom is 0.264 e. The topological polar surface area (TPSA) is 84.9 Å². The highest BCUT2D eigenvalue weighted by Gasteiger charge is 2.27. The van der Waals surface area contributed by atoms with Gasteiger partial charge in [0.1, 0.15) is 6.54 Å². The average Bonchev–Trinajstić information content (AvgIpc) is 2.84. The Morgan fingerprint density at radius 1 is 0.912 bits per heavy atom. The fourth-order valence-electron chi connectivity index (χ4n) is 3.23. The van der Waals surface area contributed by atoms with Crippen LogP contribution < -0.4 is 19.1 Å². The summed E-state index contributed by atoms with van der Waals surface area (Å²) in [5.41, 5.74) is 1.20. The Bertz CT molecular complexity index is 1200. The summed E-state index contributed by atoms with van der Waals surface area (Å²) >= 11 is 3.36. The fourth-order valence-corrected chi connectivity index (χ4v) is 4.94. The van der Waals surface area contributed by atoms with Crippen LogP contribution in [-0.2, 0) is 21.4 Å². The zero-order valence-electron chi connectivity index (χ0n) is 19.0. The first-order chi connectivity index (χ1) is 16.3. The van der Waals surface area contributed by atoms with Gasteiger partial charge in [0.25, 0.3) is 10.0 Å². The van der Waals surface area contributed by atoms with E-state index in [2.05, 4.69) is 21.2 Å². The van der Waals surface area contributed by atoms with Gasteiger partial charge in [0.05, 0.1) is 23.8 Å². The number of nitrogens with zero attached hydrogens (tertiary/aromatic N) is 1. The van der Waals surface area contributed by atoms with E-state index >= 15 is 0 Å². The number of nitrogens with one attached hydrogen (secondary N) is 1. The Morgan fingerprint density at radius 3 is 2.21 bits per heavy atom. The number of sulfonamides is 1. The molecule has 1 N–H and O–H groups in total. The van der Waals surface area contributed by atoms with Crippen molar-refractivity contribution in [2.45, 2.75) is 25.3 Å². The standard InChI is InChI=1S/C25H27BrN2O5S/c1-3-32-23-15-10-19(16-24(23)33-4-2)17-27-25(29)18-28(21-13-11-20(26)12-14-21)34(30,31)22-8-6-5-7-9-22/h5-16H,3-4,17-18H2,1-2H3,(H,27,29). The highest BCUT2D eigenvalue weighted by Crippen LogP contribution is 2.29. The van der Waals surface area contributed by atoms with E-state index in [9.17, 15) is 13.2 Å². The van der Waals surface area contributed by atoms with Crippen molar-refractivity contribution < 1.29 is 22.7 Å². The molecule has 0 aliphatic heterocycles. The molecule has 0 atom stereocenters. The van der Waals surface area contributed by atoms with Crippen LogP contribution in [0.2, 0.25) is 0 Å². The van der Waals surface area contributed by atoms with Gasteiger partial charge in [-0.05, 0) is 67.9 Å². The van der Waals surface area contributed by atoms with Crippen molar-refractivity contribution in [1.82, 2.24) is 5.32 Å². The van der Waals surface area contributed by atoms with Crippen molar-refractivity contribution in [3.05, 3.63) is 82.8 Å². The van der Waals surface area contributed by atoms with Gasteiger partial charge in [-0.1, -0.05) is 40.2 Å². The van der Waals surface area contributed by atoms with Crippen LogP contribution in [0.3, 0.4) is 0 Å². The van der Waals surface area contributed by atoms with Crippen LogP contribution >= 0.6 is 15.9 Å². The number of hydrogen-bond acceptors (Lipinski definition) is 5. The van der Waals surface area contributed by atoms with Crippen molar-refractivity contribution in [2.75, 3.05) is 24.1 Å². The minimum Gasteiger partial charge on any atom is -0.490 e. The zero-order valence-corrected chi connectivity index (χ0v) is 21.4. The number of halogens is 1. The molecule has 0 saturated heterocycles. The molecule has 0 fully saturated rings. The van der Waals surface area contributed by atoms with Gasteiger partial charge in [0.15, 0.2) is 11.5 Å². The van der Waals surface area contributed by atoms with Gasteiger partial charge in [-0.25, -0.2) is 8.42 Å². The first kappa shape index (κ1) is 25.6. The molecule has 0 spiro atoms. The lowest BCUT2D eigenvalue weighted by atomic mass is 10.2. The number of carbonyl (C=O) groups is 1. The van der Waals surface area contributed by atoms with Gasteiger partial charge in [0, 0.05) is 11.0 Å². The monoisotopic (exact) mass is 546 g/mol. The Morgan fingerprint density at radius 2 is 1.56 bits per heavy atom. The Kier molecular flexibility index (Phi) is 8.95. The molecular formula is C25H27BrN2O5S. The van der Waals surface area contributed by atoms with Crippen LogP contribution in [0.5, 0.6) is 11.5 Å². The maximum atomic E-state index is 13.3. The predicted octanol–water partition coefficient (Wildman–Crippen LogP) is 4.76. The second-order valence-corrected chi connectivity index (χ2v) is 10.0. The quantitative estimate of drug-likeness (QED) is 0.374. The minimum atomic E-state index is -3.95. The van der Waals surface area contributed by atoms with Crippen molar-refractivity contribution in [2.24, 2.45) is 0 Å². The van der Waals surface area contributed by atoms with Crippen molar-refractivity contribution in [1.29, 1.82) is 0 Å². The van der Waals surface area contributed by atoms with Crippen molar-refractivity contribution >= 4 is 37.5 Å². The van der Waals surface area contributed by atoms with E-state index < -0.39 is 15.9 Å². The maximum absolute atomic E-state index is 13.3. The molecule has 0 aliphatic rings. The number of hydrogen-bond donors (Lipinski definition) is 1. The third-order valence-electron chi connectivity index (χ3n) is 4.83. The molecule has 1 amide bonds. The van der Waals surface area contributed by atoms with Crippen LogP contribution in [0.4, 0.5) is 5.69 Å². The summed E-state index contributed by atoms with van der Waals surface area (Å²) in [4.78, 5) is 13.0. The first-order valence-corrected chi connectivity index (χ1v) is 13.1. The van der Waals surface area contributed by atoms with E-state index in [-0.39, 0.29) is 18.0 Å². The summed E-state index contributed by atoms with van der Waals surface area (Å²) in [6.07, 6.45) is 0. The molecule has 0 heterocycles. The highest BCUT2D eigenvalue weighted by atomic mass is 79.9. The molecule has 0 bridgehead atoms. The van der Waals surface area contributed by atoms with Crippen molar-refractivity contribution in [3.63, 3.8) is 0 Å². The molecule has 34 heavy (non-hydrogen) atoms. The third kappa shape index (κ3) is 6.51. The lowest BCUT2D eigenvalue weighted by Crippen LogP contribution is -2.40. The zero-order chi connectivity index (χ0) is 24.6. The summed E-state index contributed by atoms with van der Waals surface area (Å²) in [7, 11) is -3.95. The number of benzene rings is 3. The normalized spacial score (nSPS) is 11.0. The Balaban J connectivity index is 1.79. The van der Waals surface area contributed by atoms with E-state index in [0.29, 0.717) is 30.4 Å². The number of ether oxygens (including phenoxy) is 2. The molecule has 7 nitrogen and oxygen atoms in total. The number of anilines is 1. The molecule has 3 rings (SSSR count). The summed E-state index contributed by atoms with van der Waals surface area (Å²) in [6, 6.07) is 20.3. The molecule has 9 heteroatoms. The van der Waals surface area contributed by atoms with E-state index in [0.717, 1.165) is 14.3 Å². The van der Waals surface area contributed by atoms with Gasteiger partial charge in [-0.3, -0.25) is 9.10 Å². The van der Waals surface area contributed by atoms with Crippen molar-refractivity contribution in [3.8, 4) is 11.5 Å². The predicted molar refractivity (Wildman–Crippen MR) is 136 cm³/mol.